The zero-order valence-electron chi connectivity index (χ0n) is 40.1. The number of para-hydroxylation sites is 6. The van der Waals surface area contributed by atoms with Gasteiger partial charge in [0, 0.05) is 23.5 Å². The van der Waals surface area contributed by atoms with Crippen LogP contribution in [0.3, 0.4) is 0 Å². The average Bonchev–Trinajstić information content (AvgIpc) is 3.31. The Kier molecular flexibility index (Phi) is 20.5. The van der Waals surface area contributed by atoms with Crippen LogP contribution in [0.2, 0.25) is 0 Å². The van der Waals surface area contributed by atoms with E-state index in [1.165, 1.54) is 0 Å². The lowest BCUT2D eigenvalue weighted by Gasteiger charge is -2.44. The van der Waals surface area contributed by atoms with Gasteiger partial charge in [-0.15, -0.1) is 0 Å². The highest BCUT2D eigenvalue weighted by atomic mass is 32.2. The lowest BCUT2D eigenvalue weighted by molar-refractivity contribution is -0.329. The van der Waals surface area contributed by atoms with Crippen molar-refractivity contribution >= 4 is 44.3 Å². The third-order valence-corrected chi connectivity index (χ3v) is 13.9. The van der Waals surface area contributed by atoms with E-state index in [4.69, 9.17) is 18.8 Å². The van der Waals surface area contributed by atoms with Gasteiger partial charge in [0.25, 0.3) is 10.1 Å². The molecule has 2 aromatic rings. The molecule has 358 valence electrons. The molecular weight excluding hydrogens is 857 g/mol. The summed E-state index contributed by atoms with van der Waals surface area (Å²) in [5.41, 5.74) is 3.09. The highest BCUT2D eigenvalue weighted by Crippen LogP contribution is 2.43. The van der Waals surface area contributed by atoms with Crippen molar-refractivity contribution in [1.82, 2.24) is 19.1 Å². The van der Waals surface area contributed by atoms with Gasteiger partial charge in [0.2, 0.25) is 10.7 Å². The molecule has 13 nitrogen and oxygen atoms in total. The number of nitrogens with zero attached hydrogens (tertiary/aromatic N) is 4. The number of benzene rings is 4. The van der Waals surface area contributed by atoms with Crippen LogP contribution in [0.5, 0.6) is 0 Å². The number of rotatable bonds is 20. The molecular formula is C52H70N4O9S. The van der Waals surface area contributed by atoms with Gasteiger partial charge in [0.05, 0.1) is 5.97 Å². The fraction of sp³-hybridized carbons (Fsp3) is 0.500. The third kappa shape index (κ3) is 13.3. The van der Waals surface area contributed by atoms with E-state index in [1.54, 1.807) is 0 Å². The molecule has 1 N–H and O–H groups in total. The molecule has 2 aromatic carbocycles. The lowest BCUT2D eigenvalue weighted by Crippen LogP contribution is -2.60. The highest BCUT2D eigenvalue weighted by molar-refractivity contribution is 7.87. The second-order valence-electron chi connectivity index (χ2n) is 16.9. The molecule has 0 radical (unpaired) electrons. The first-order valence-electron chi connectivity index (χ1n) is 23.8. The molecule has 0 spiro atoms. The first-order chi connectivity index (χ1) is 31.7. The summed E-state index contributed by atoms with van der Waals surface area (Å²) in [6.45, 7) is 20.1. The van der Waals surface area contributed by atoms with Crippen LogP contribution in [0.25, 0.3) is 45.1 Å². The van der Waals surface area contributed by atoms with Crippen LogP contribution in [-0.4, -0.2) is 66.3 Å². The van der Waals surface area contributed by atoms with Crippen LogP contribution in [0.1, 0.15) is 120 Å². The maximum absolute atomic E-state index is 12.3. The Hall–Kier alpha value is -5.47. The number of carboxylic acids is 2. The Morgan fingerprint density at radius 3 is 1.33 bits per heavy atom. The van der Waals surface area contributed by atoms with Gasteiger partial charge in [-0.05, 0) is 88.8 Å². The maximum atomic E-state index is 12.3. The maximum Gasteiger partial charge on any atom is 0.274 e. The second kappa shape index (κ2) is 25.4. The molecule has 0 amide bonds. The molecule has 3 atom stereocenters. The minimum absolute atomic E-state index is 0.174. The molecule has 0 saturated heterocycles. The SMILES string of the molecule is CCCCC(CC)CC(CC(CC)CCCC)(C(=O)[O-])C(C(=O)[O-])S(=O)(=O)O.CC[N+](CC)=c1cccc2oc3ccccc3nc1-2.CC[N+](CC)=c1cccc2oc3ccccc3nc1-2. The molecule has 66 heavy (non-hydrogen) atoms. The number of fused-ring (bicyclic) bond motifs is 4. The smallest absolute Gasteiger partial charge is 0.274 e. The molecule has 2 heterocycles. The standard InChI is InChI=1S/C20H38O7S.2C16H17N2O/c1-5-9-11-15(7-3)13-20(19(23)24,14-16(8-4)12-10-6-2)17(18(21)22)28(25,26)27;2*1-3-18(4-2)13-9-7-11-15-16(13)17-12-8-5-6-10-14(12)19-15/h15-17H,5-14H2,1-4H3,(H,21,22)(H,23,24)(H,25,26,27);2*5-11H,3-4H2,1-2H3/q;2*+1/p-2. The normalized spacial score (nSPS) is 13.8. The first kappa shape index (κ1) is 53.1. The molecule has 0 aromatic heterocycles. The molecule has 14 heteroatoms. The monoisotopic (exact) mass is 926 g/mol. The van der Waals surface area contributed by atoms with E-state index in [9.17, 15) is 32.8 Å². The summed E-state index contributed by atoms with van der Waals surface area (Å²) in [6, 6.07) is 28.0. The minimum Gasteiger partial charge on any atom is -0.549 e. The Labute approximate surface area is 390 Å². The molecule has 2 aliphatic carbocycles. The molecule has 4 aliphatic rings. The summed E-state index contributed by atoms with van der Waals surface area (Å²) in [4.78, 5) is 33.5. The van der Waals surface area contributed by atoms with Gasteiger partial charge in [-0.1, -0.05) is 115 Å². The van der Waals surface area contributed by atoms with E-state index in [1.807, 2.05) is 100 Å². The molecule has 0 saturated carbocycles. The van der Waals surface area contributed by atoms with Gasteiger partial charge < -0.3 is 28.6 Å². The molecule has 6 rings (SSSR count). The van der Waals surface area contributed by atoms with E-state index in [2.05, 4.69) is 49.0 Å². The van der Waals surface area contributed by atoms with Crippen molar-refractivity contribution in [2.45, 2.75) is 125 Å². The van der Waals surface area contributed by atoms with Crippen molar-refractivity contribution < 1.29 is 41.6 Å². The predicted molar refractivity (Wildman–Crippen MR) is 258 cm³/mol. The van der Waals surface area contributed by atoms with Crippen molar-refractivity contribution in [3.63, 3.8) is 0 Å². The Morgan fingerprint density at radius 1 is 0.621 bits per heavy atom. The number of carboxylic acid groups (broad SMARTS) is 2. The van der Waals surface area contributed by atoms with Crippen molar-refractivity contribution in [1.29, 1.82) is 0 Å². The summed E-state index contributed by atoms with van der Waals surface area (Å²) in [5.74, 6) is -2.55. The topological polar surface area (TPSA) is 193 Å². The largest absolute Gasteiger partial charge is 0.549 e. The van der Waals surface area contributed by atoms with Gasteiger partial charge >= 0.3 is 0 Å². The number of unbranched alkanes of at least 4 members (excludes halogenated alkanes) is 2. The van der Waals surface area contributed by atoms with Crippen molar-refractivity contribution in [3.05, 3.63) is 95.6 Å². The number of aromatic nitrogens is 2. The Bertz CT molecular complexity index is 2530. The van der Waals surface area contributed by atoms with E-state index >= 15 is 0 Å². The van der Waals surface area contributed by atoms with Crippen LogP contribution >= 0.6 is 0 Å². The van der Waals surface area contributed by atoms with Crippen molar-refractivity contribution in [2.24, 2.45) is 17.3 Å². The molecule has 0 fully saturated rings. The fourth-order valence-electron chi connectivity index (χ4n) is 8.92. The summed E-state index contributed by atoms with van der Waals surface area (Å²) in [5, 5.41) is 23.7. The second-order valence-corrected chi connectivity index (χ2v) is 18.4. The number of aliphatic carboxylic acids is 2. The molecule has 0 bridgehead atoms. The predicted octanol–water partition coefficient (Wildman–Crippen LogP) is 7.43. The molecule has 2 aliphatic heterocycles. The first-order valence-corrected chi connectivity index (χ1v) is 25.3. The zero-order chi connectivity index (χ0) is 48.4. The minimum atomic E-state index is -5.20. The van der Waals surface area contributed by atoms with Crippen LogP contribution < -0.4 is 30.1 Å². The summed E-state index contributed by atoms with van der Waals surface area (Å²) >= 11 is 0. The summed E-state index contributed by atoms with van der Waals surface area (Å²) < 4.78 is 49.9. The fourth-order valence-corrected chi connectivity index (χ4v) is 10.0. The van der Waals surface area contributed by atoms with E-state index in [-0.39, 0.29) is 24.7 Å². The number of hydrogen-bond donors (Lipinski definition) is 1. The Balaban J connectivity index is 0.000000221. The third-order valence-electron chi connectivity index (χ3n) is 12.6. The summed E-state index contributed by atoms with van der Waals surface area (Å²) in [6.07, 6.45) is 5.50. The van der Waals surface area contributed by atoms with E-state index in [0.29, 0.717) is 25.7 Å². The quantitative estimate of drug-likeness (QED) is 0.0455. The lowest BCUT2D eigenvalue weighted by atomic mass is 9.68. The van der Waals surface area contributed by atoms with Crippen molar-refractivity contribution in [2.75, 3.05) is 26.2 Å². The van der Waals surface area contributed by atoms with Gasteiger partial charge in [0.1, 0.15) is 42.5 Å². The van der Waals surface area contributed by atoms with Gasteiger partial charge in [-0.2, -0.15) is 8.42 Å². The zero-order valence-corrected chi connectivity index (χ0v) is 40.9. The van der Waals surface area contributed by atoms with E-state index < -0.39 is 32.7 Å². The van der Waals surface area contributed by atoms with E-state index in [0.717, 1.165) is 108 Å². The van der Waals surface area contributed by atoms with Crippen LogP contribution in [0.4, 0.5) is 0 Å². The van der Waals surface area contributed by atoms with Gasteiger partial charge in [0.15, 0.2) is 34.1 Å². The number of carbonyl (C=O) groups excluding carboxylic acids is 2. The number of carbonyl (C=O) groups is 2. The van der Waals surface area contributed by atoms with Crippen LogP contribution in [0, 0.1) is 17.3 Å². The molecule has 3 unspecified atom stereocenters. The van der Waals surface area contributed by atoms with Crippen molar-refractivity contribution in [3.8, 4) is 22.9 Å². The number of hydrogen-bond acceptors (Lipinski definition) is 10. The van der Waals surface area contributed by atoms with Crippen LogP contribution in [0.15, 0.2) is 93.8 Å². The summed E-state index contributed by atoms with van der Waals surface area (Å²) in [7, 11) is -5.20. The average molecular weight is 927 g/mol. The highest BCUT2D eigenvalue weighted by Gasteiger charge is 2.50. The van der Waals surface area contributed by atoms with Gasteiger partial charge in [-0.3, -0.25) is 4.55 Å². The Morgan fingerprint density at radius 2 is 1.02 bits per heavy atom. The van der Waals surface area contributed by atoms with Crippen LogP contribution in [-0.2, 0) is 19.7 Å². The van der Waals surface area contributed by atoms with Gasteiger partial charge in [-0.25, -0.2) is 19.1 Å².